The molecule has 172 valence electrons. The number of para-hydroxylation sites is 3. The standard InChI is InChI=1S/C33H20N4/c1-2-8-20(9-3-1)37-29-13-7-5-10-21(29)25-18-26-24(19-30(25)37)22-14-15-28-31(23-11-4-6-12-27(23)35-28)32(22)36-17-16-34-33(26)36/h1-19,35H. The van der Waals surface area contributed by atoms with Gasteiger partial charge in [-0.05, 0) is 47.9 Å². The minimum absolute atomic E-state index is 0.985. The SMILES string of the molecule is c1ccc(-n2c3ccccc3c3cc4c(cc32)c2ccc3[nH]c5ccccc5c3c2n2ccnc42)cc1. The molecule has 4 heteroatoms. The molecule has 0 fully saturated rings. The van der Waals surface area contributed by atoms with Gasteiger partial charge in [0.25, 0.3) is 0 Å². The maximum atomic E-state index is 4.87. The molecule has 0 bridgehead atoms. The summed E-state index contributed by atoms with van der Waals surface area (Å²) in [6.45, 7) is 0. The van der Waals surface area contributed by atoms with Crippen LogP contribution in [0.1, 0.15) is 0 Å². The number of nitrogens with zero attached hydrogens (tertiary/aromatic N) is 3. The van der Waals surface area contributed by atoms with Crippen LogP contribution in [0.3, 0.4) is 0 Å². The number of hydrogen-bond donors (Lipinski definition) is 1. The largest absolute Gasteiger partial charge is 0.354 e. The van der Waals surface area contributed by atoms with E-state index >= 15 is 0 Å². The highest BCUT2D eigenvalue weighted by molar-refractivity contribution is 6.27. The van der Waals surface area contributed by atoms with Crippen LogP contribution >= 0.6 is 0 Å². The Kier molecular flexibility index (Phi) is 3.50. The van der Waals surface area contributed by atoms with Gasteiger partial charge in [-0.1, -0.05) is 60.7 Å². The van der Waals surface area contributed by atoms with Gasteiger partial charge in [-0.3, -0.25) is 4.40 Å². The summed E-state index contributed by atoms with van der Waals surface area (Å²) in [6.07, 6.45) is 4.01. The van der Waals surface area contributed by atoms with E-state index in [0.717, 1.165) is 16.7 Å². The van der Waals surface area contributed by atoms with Crippen LogP contribution in [0.4, 0.5) is 0 Å². The number of benzene rings is 5. The molecule has 0 radical (unpaired) electrons. The normalized spacial score (nSPS) is 12.3. The van der Waals surface area contributed by atoms with Crippen molar-refractivity contribution in [3.63, 3.8) is 0 Å². The summed E-state index contributed by atoms with van der Waals surface area (Å²) in [7, 11) is 0. The van der Waals surface area contributed by atoms with Crippen molar-refractivity contribution in [2.75, 3.05) is 0 Å². The molecule has 0 unspecified atom stereocenters. The molecule has 5 aromatic carbocycles. The first kappa shape index (κ1) is 19.1. The maximum Gasteiger partial charge on any atom is 0.145 e. The minimum Gasteiger partial charge on any atom is -0.354 e. The van der Waals surface area contributed by atoms with E-state index in [2.05, 4.69) is 123 Å². The van der Waals surface area contributed by atoms with Crippen molar-refractivity contribution in [3.8, 4) is 5.69 Å². The number of aromatic nitrogens is 4. The molecule has 1 N–H and O–H groups in total. The molecule has 4 nitrogen and oxygen atoms in total. The molecule has 9 aromatic rings. The van der Waals surface area contributed by atoms with Gasteiger partial charge in [0.1, 0.15) is 5.65 Å². The highest BCUT2D eigenvalue weighted by atomic mass is 15.0. The monoisotopic (exact) mass is 472 g/mol. The van der Waals surface area contributed by atoms with E-state index in [9.17, 15) is 0 Å². The van der Waals surface area contributed by atoms with Crippen molar-refractivity contribution in [1.29, 1.82) is 0 Å². The summed E-state index contributed by atoms with van der Waals surface area (Å²) in [5, 5.41) is 8.57. The smallest absolute Gasteiger partial charge is 0.145 e. The fraction of sp³-hybridized carbons (Fsp3) is 0. The number of imidazole rings is 1. The van der Waals surface area contributed by atoms with Crippen molar-refractivity contribution in [1.82, 2.24) is 18.9 Å². The molecule has 0 aliphatic rings. The molecule has 0 aliphatic carbocycles. The molecule has 0 atom stereocenters. The van der Waals surface area contributed by atoms with Crippen LogP contribution in [-0.2, 0) is 0 Å². The van der Waals surface area contributed by atoms with E-state index in [1.807, 2.05) is 6.20 Å². The van der Waals surface area contributed by atoms with E-state index < -0.39 is 0 Å². The summed E-state index contributed by atoms with van der Waals surface area (Å²) < 4.78 is 4.65. The van der Waals surface area contributed by atoms with Crippen molar-refractivity contribution < 1.29 is 0 Å². The number of hydrogen-bond acceptors (Lipinski definition) is 1. The molecule has 9 rings (SSSR count). The fourth-order valence-electron chi connectivity index (χ4n) is 6.35. The van der Waals surface area contributed by atoms with Gasteiger partial charge in [0.15, 0.2) is 0 Å². The lowest BCUT2D eigenvalue weighted by atomic mass is 10.0. The molecule has 4 heterocycles. The van der Waals surface area contributed by atoms with Gasteiger partial charge in [0, 0.05) is 61.4 Å². The molecule has 0 saturated heterocycles. The number of fused-ring (bicyclic) bond motifs is 13. The Balaban J connectivity index is 1.56. The number of nitrogens with one attached hydrogen (secondary N) is 1. The molecule has 0 saturated carbocycles. The van der Waals surface area contributed by atoms with Crippen LogP contribution in [0, 0.1) is 0 Å². The van der Waals surface area contributed by atoms with E-state index in [4.69, 9.17) is 4.98 Å². The Morgan fingerprint density at radius 3 is 2.30 bits per heavy atom. The summed E-state index contributed by atoms with van der Waals surface area (Å²) in [6, 6.07) is 37.1. The molecule has 4 aromatic heterocycles. The van der Waals surface area contributed by atoms with Gasteiger partial charge in [-0.15, -0.1) is 0 Å². The summed E-state index contributed by atoms with van der Waals surface area (Å²) >= 11 is 0. The molecule has 37 heavy (non-hydrogen) atoms. The zero-order valence-electron chi connectivity index (χ0n) is 19.8. The first-order valence-corrected chi connectivity index (χ1v) is 12.6. The fourth-order valence-corrected chi connectivity index (χ4v) is 6.35. The second-order valence-corrected chi connectivity index (χ2v) is 9.78. The lowest BCUT2D eigenvalue weighted by Gasteiger charge is -2.12. The molecular formula is C33H20N4. The second-order valence-electron chi connectivity index (χ2n) is 9.78. The summed E-state index contributed by atoms with van der Waals surface area (Å²) in [4.78, 5) is 8.48. The van der Waals surface area contributed by atoms with Crippen LogP contribution in [0.15, 0.2) is 116 Å². The van der Waals surface area contributed by atoms with Crippen LogP contribution in [0.25, 0.3) is 76.6 Å². The molecule has 0 aliphatic heterocycles. The molecular weight excluding hydrogens is 452 g/mol. The van der Waals surface area contributed by atoms with Gasteiger partial charge < -0.3 is 9.55 Å². The Bertz CT molecular complexity index is 2350. The predicted molar refractivity (Wildman–Crippen MR) is 154 cm³/mol. The first-order chi connectivity index (χ1) is 18.4. The first-order valence-electron chi connectivity index (χ1n) is 12.6. The number of pyridine rings is 1. The Hall–Kier alpha value is -5.09. The van der Waals surface area contributed by atoms with E-state index in [1.165, 1.54) is 59.9 Å². The van der Waals surface area contributed by atoms with Crippen LogP contribution in [-0.4, -0.2) is 18.9 Å². The number of rotatable bonds is 1. The summed E-state index contributed by atoms with van der Waals surface area (Å²) in [5.74, 6) is 0. The number of H-pyrrole nitrogens is 1. The number of aromatic amines is 1. The maximum absolute atomic E-state index is 4.87. The highest BCUT2D eigenvalue weighted by Crippen LogP contribution is 2.41. The zero-order valence-corrected chi connectivity index (χ0v) is 19.8. The Labute approximate surface area is 211 Å². The molecule has 0 amide bonds. The zero-order chi connectivity index (χ0) is 24.1. The van der Waals surface area contributed by atoms with E-state index in [-0.39, 0.29) is 0 Å². The lowest BCUT2D eigenvalue weighted by Crippen LogP contribution is -1.94. The van der Waals surface area contributed by atoms with Crippen molar-refractivity contribution >= 4 is 70.9 Å². The lowest BCUT2D eigenvalue weighted by molar-refractivity contribution is 1.18. The Morgan fingerprint density at radius 2 is 1.38 bits per heavy atom. The summed E-state index contributed by atoms with van der Waals surface area (Å²) in [5.41, 5.74) is 8.05. The minimum atomic E-state index is 0.985. The second kappa shape index (κ2) is 6.77. The average molecular weight is 473 g/mol. The quantitative estimate of drug-likeness (QED) is 0.239. The van der Waals surface area contributed by atoms with Crippen molar-refractivity contribution in [2.45, 2.75) is 0 Å². The Morgan fingerprint density at radius 1 is 0.568 bits per heavy atom. The third kappa shape index (κ3) is 2.39. The van der Waals surface area contributed by atoms with Gasteiger partial charge in [0.05, 0.1) is 16.6 Å². The van der Waals surface area contributed by atoms with Gasteiger partial charge in [-0.2, -0.15) is 0 Å². The van der Waals surface area contributed by atoms with Crippen molar-refractivity contribution in [2.24, 2.45) is 0 Å². The van der Waals surface area contributed by atoms with Gasteiger partial charge >= 0.3 is 0 Å². The average Bonchev–Trinajstić information content (AvgIpc) is 3.66. The van der Waals surface area contributed by atoms with Crippen molar-refractivity contribution in [3.05, 3.63) is 116 Å². The van der Waals surface area contributed by atoms with E-state index in [0.29, 0.717) is 0 Å². The van der Waals surface area contributed by atoms with Gasteiger partial charge in [-0.25, -0.2) is 4.98 Å². The van der Waals surface area contributed by atoms with Crippen LogP contribution in [0.2, 0.25) is 0 Å². The topological polar surface area (TPSA) is 38.0 Å². The predicted octanol–water partition coefficient (Wildman–Crippen LogP) is 8.37. The highest BCUT2D eigenvalue weighted by Gasteiger charge is 2.19. The third-order valence-electron chi connectivity index (χ3n) is 7.88. The van der Waals surface area contributed by atoms with E-state index in [1.54, 1.807) is 0 Å². The van der Waals surface area contributed by atoms with Gasteiger partial charge in [0.2, 0.25) is 0 Å². The molecule has 0 spiro atoms. The third-order valence-corrected chi connectivity index (χ3v) is 7.88. The van der Waals surface area contributed by atoms with Crippen LogP contribution in [0.5, 0.6) is 0 Å². The van der Waals surface area contributed by atoms with Crippen LogP contribution < -0.4 is 0 Å².